The van der Waals surface area contributed by atoms with E-state index in [2.05, 4.69) is 10.6 Å². The van der Waals surface area contributed by atoms with Crippen LogP contribution in [0, 0.1) is 5.92 Å². The number of anilines is 1. The summed E-state index contributed by atoms with van der Waals surface area (Å²) < 4.78 is 5.32. The minimum Gasteiger partial charge on any atom is -0.482 e. The molecule has 0 aromatic heterocycles. The number of hydrogen-bond donors (Lipinski definition) is 2. The third-order valence-electron chi connectivity index (χ3n) is 3.43. The van der Waals surface area contributed by atoms with Gasteiger partial charge in [0.15, 0.2) is 6.61 Å². The fourth-order valence-corrected chi connectivity index (χ4v) is 2.19. The van der Waals surface area contributed by atoms with E-state index in [0.29, 0.717) is 0 Å². The van der Waals surface area contributed by atoms with Crippen molar-refractivity contribution in [3.05, 3.63) is 23.8 Å². The highest BCUT2D eigenvalue weighted by Crippen LogP contribution is 2.32. The van der Waals surface area contributed by atoms with Crippen molar-refractivity contribution in [3.8, 4) is 5.75 Å². The summed E-state index contributed by atoms with van der Waals surface area (Å²) in [5.74, 6) is 1.64. The average Bonchev–Trinajstić information content (AvgIpc) is 3.18. The molecule has 4 heteroatoms. The topological polar surface area (TPSA) is 50.4 Å². The Morgan fingerprint density at radius 1 is 1.39 bits per heavy atom. The van der Waals surface area contributed by atoms with Gasteiger partial charge >= 0.3 is 0 Å². The molecule has 0 saturated heterocycles. The highest BCUT2D eigenvalue weighted by molar-refractivity contribution is 5.95. The first-order valence-electron chi connectivity index (χ1n) is 6.57. The minimum atomic E-state index is -0.0821. The highest BCUT2D eigenvalue weighted by Gasteiger charge is 2.20. The van der Waals surface area contributed by atoms with Gasteiger partial charge in [0.05, 0.1) is 5.69 Å². The largest absolute Gasteiger partial charge is 0.482 e. The number of nitrogens with one attached hydrogen (secondary N) is 2. The number of hydrogen-bond acceptors (Lipinski definition) is 3. The smallest absolute Gasteiger partial charge is 0.262 e. The van der Waals surface area contributed by atoms with Crippen molar-refractivity contribution < 1.29 is 9.53 Å². The predicted octanol–water partition coefficient (Wildman–Crippen LogP) is 1.91. The maximum Gasteiger partial charge on any atom is 0.262 e. The molecule has 1 saturated carbocycles. The fourth-order valence-electron chi connectivity index (χ4n) is 2.19. The Morgan fingerprint density at radius 3 is 3.11 bits per heavy atom. The van der Waals surface area contributed by atoms with E-state index < -0.39 is 0 Å². The summed E-state index contributed by atoms with van der Waals surface area (Å²) in [4.78, 5) is 11.2. The second kappa shape index (κ2) is 4.98. The highest BCUT2D eigenvalue weighted by atomic mass is 16.5. The summed E-state index contributed by atoms with van der Waals surface area (Å²) in [6, 6.07) is 5.95. The Labute approximate surface area is 107 Å². The van der Waals surface area contributed by atoms with Gasteiger partial charge in [0.1, 0.15) is 5.75 Å². The van der Waals surface area contributed by atoms with Gasteiger partial charge in [-0.3, -0.25) is 4.79 Å². The number of rotatable bonds is 5. The van der Waals surface area contributed by atoms with Crippen molar-refractivity contribution in [3.63, 3.8) is 0 Å². The lowest BCUT2D eigenvalue weighted by molar-refractivity contribution is -0.118. The van der Waals surface area contributed by atoms with Gasteiger partial charge in [0, 0.05) is 6.54 Å². The van der Waals surface area contributed by atoms with Crippen molar-refractivity contribution in [2.24, 2.45) is 5.92 Å². The summed E-state index contributed by atoms with van der Waals surface area (Å²) >= 11 is 0. The van der Waals surface area contributed by atoms with Crippen LogP contribution < -0.4 is 15.4 Å². The lowest BCUT2D eigenvalue weighted by Crippen LogP contribution is -2.25. The summed E-state index contributed by atoms with van der Waals surface area (Å²) in [5.41, 5.74) is 1.96. The van der Waals surface area contributed by atoms with Crippen LogP contribution >= 0.6 is 0 Å². The molecular weight excluding hydrogens is 228 g/mol. The van der Waals surface area contributed by atoms with Crippen molar-refractivity contribution in [2.45, 2.75) is 25.8 Å². The second-order valence-electron chi connectivity index (χ2n) is 5.08. The van der Waals surface area contributed by atoms with Crippen molar-refractivity contribution in [1.82, 2.24) is 5.32 Å². The molecule has 0 bridgehead atoms. The van der Waals surface area contributed by atoms with E-state index in [1.54, 1.807) is 0 Å². The number of ether oxygens (including phenoxy) is 1. The second-order valence-corrected chi connectivity index (χ2v) is 5.08. The van der Waals surface area contributed by atoms with Crippen molar-refractivity contribution >= 4 is 11.6 Å². The number of amides is 1. The van der Waals surface area contributed by atoms with Gasteiger partial charge < -0.3 is 15.4 Å². The molecule has 1 amide bonds. The van der Waals surface area contributed by atoms with Crippen LogP contribution in [0.15, 0.2) is 18.2 Å². The first-order chi connectivity index (χ1) is 8.81. The summed E-state index contributed by atoms with van der Waals surface area (Å²) in [7, 11) is 0. The first kappa shape index (κ1) is 11.5. The van der Waals surface area contributed by atoms with Crippen LogP contribution in [-0.2, 0) is 11.3 Å². The number of carbonyl (C=O) groups excluding carboxylic acids is 1. The molecule has 0 unspecified atom stereocenters. The molecule has 4 nitrogen and oxygen atoms in total. The third kappa shape index (κ3) is 2.82. The maximum atomic E-state index is 11.2. The van der Waals surface area contributed by atoms with E-state index in [9.17, 15) is 4.79 Å². The van der Waals surface area contributed by atoms with E-state index in [-0.39, 0.29) is 12.5 Å². The normalized spacial score (nSPS) is 17.9. The van der Waals surface area contributed by atoms with Gasteiger partial charge in [-0.05, 0) is 36.6 Å². The van der Waals surface area contributed by atoms with E-state index in [1.165, 1.54) is 24.8 Å². The summed E-state index contributed by atoms with van der Waals surface area (Å²) in [6.45, 7) is 2.03. The fraction of sp³-hybridized carbons (Fsp3) is 0.500. The minimum absolute atomic E-state index is 0.0821. The molecule has 1 aliphatic carbocycles. The van der Waals surface area contributed by atoms with Crippen LogP contribution in [0.2, 0.25) is 0 Å². The van der Waals surface area contributed by atoms with Gasteiger partial charge in [0.2, 0.25) is 0 Å². The maximum absolute atomic E-state index is 11.2. The van der Waals surface area contributed by atoms with Gasteiger partial charge in [0.25, 0.3) is 5.91 Å². The lowest BCUT2D eigenvalue weighted by atomic mass is 10.1. The summed E-state index contributed by atoms with van der Waals surface area (Å²) in [6.07, 6.45) is 4.10. The molecule has 1 fully saturated rings. The Balaban J connectivity index is 1.55. The van der Waals surface area contributed by atoms with Gasteiger partial charge in [-0.15, -0.1) is 0 Å². The molecular formula is C14H18N2O2. The Morgan fingerprint density at radius 2 is 2.28 bits per heavy atom. The Bertz CT molecular complexity index is 455. The zero-order valence-electron chi connectivity index (χ0n) is 10.4. The quantitative estimate of drug-likeness (QED) is 0.780. The number of benzene rings is 1. The molecule has 1 heterocycles. The van der Waals surface area contributed by atoms with Crippen LogP contribution in [0.1, 0.15) is 24.8 Å². The van der Waals surface area contributed by atoms with Crippen LogP contribution in [0.4, 0.5) is 5.69 Å². The van der Waals surface area contributed by atoms with E-state index in [4.69, 9.17) is 4.74 Å². The molecule has 18 heavy (non-hydrogen) atoms. The molecule has 1 aliphatic heterocycles. The van der Waals surface area contributed by atoms with Crippen LogP contribution in [-0.4, -0.2) is 19.1 Å². The van der Waals surface area contributed by atoms with Crippen molar-refractivity contribution in [1.29, 1.82) is 0 Å². The van der Waals surface area contributed by atoms with Gasteiger partial charge in [-0.1, -0.05) is 18.9 Å². The monoisotopic (exact) mass is 246 g/mol. The third-order valence-corrected chi connectivity index (χ3v) is 3.43. The first-order valence-corrected chi connectivity index (χ1v) is 6.57. The summed E-state index contributed by atoms with van der Waals surface area (Å²) in [5, 5.41) is 6.26. The Kier molecular flexibility index (Phi) is 3.19. The molecule has 2 N–H and O–H groups in total. The molecule has 0 radical (unpaired) electrons. The lowest BCUT2D eigenvalue weighted by Gasteiger charge is -2.18. The SMILES string of the molecule is O=C1COc2ccc(CNCCC3CC3)cc2N1. The van der Waals surface area contributed by atoms with Crippen LogP contribution in [0.25, 0.3) is 0 Å². The molecule has 96 valence electrons. The zero-order valence-corrected chi connectivity index (χ0v) is 10.4. The van der Waals surface area contributed by atoms with E-state index in [0.717, 1.165) is 30.4 Å². The zero-order chi connectivity index (χ0) is 12.4. The van der Waals surface area contributed by atoms with E-state index >= 15 is 0 Å². The molecule has 1 aromatic rings. The molecule has 3 rings (SSSR count). The van der Waals surface area contributed by atoms with E-state index in [1.807, 2.05) is 18.2 Å². The molecule has 1 aromatic carbocycles. The van der Waals surface area contributed by atoms with Crippen LogP contribution in [0.5, 0.6) is 5.75 Å². The molecule has 2 aliphatic rings. The predicted molar refractivity (Wildman–Crippen MR) is 69.6 cm³/mol. The van der Waals surface area contributed by atoms with Crippen molar-refractivity contribution in [2.75, 3.05) is 18.5 Å². The molecule has 0 atom stereocenters. The van der Waals surface area contributed by atoms with Gasteiger partial charge in [-0.2, -0.15) is 0 Å². The Hall–Kier alpha value is -1.55. The average molecular weight is 246 g/mol. The molecule has 0 spiro atoms. The number of carbonyl (C=O) groups is 1. The van der Waals surface area contributed by atoms with Gasteiger partial charge in [-0.25, -0.2) is 0 Å². The standard InChI is InChI=1S/C14H18N2O2/c17-14-9-18-13-4-3-11(7-12(13)16-14)8-15-6-5-10-1-2-10/h3-4,7,10,15H,1-2,5-6,8-9H2,(H,16,17). The van der Waals surface area contributed by atoms with Crippen LogP contribution in [0.3, 0.4) is 0 Å². The number of fused-ring (bicyclic) bond motifs is 1.